The molecule has 0 aromatic heterocycles. The number of carbonyl (C=O) groups excluding carboxylic acids is 1. The molecule has 3 unspecified atom stereocenters. The third kappa shape index (κ3) is 51.0. The van der Waals surface area contributed by atoms with E-state index in [9.17, 15) is 19.4 Å². The minimum absolute atomic E-state index is 0.00537. The van der Waals surface area contributed by atoms with Gasteiger partial charge < -0.3 is 28.8 Å². The average Bonchev–Trinajstić information content (AvgIpc) is 3.30. The fourth-order valence-electron chi connectivity index (χ4n) is 7.23. The number of quaternary nitrogens is 1. The molecule has 1 amide bonds. The molecular weight excluding hydrogens is 864 g/mol. The molecule has 0 heterocycles. The van der Waals surface area contributed by atoms with Gasteiger partial charge in [-0.05, 0) is 83.5 Å². The van der Waals surface area contributed by atoms with Crippen molar-refractivity contribution < 1.29 is 32.9 Å². The molecule has 0 saturated heterocycles. The van der Waals surface area contributed by atoms with E-state index in [2.05, 4.69) is 116 Å². The molecule has 390 valence electrons. The van der Waals surface area contributed by atoms with Crippen LogP contribution in [0.1, 0.15) is 206 Å². The highest BCUT2D eigenvalue weighted by Crippen LogP contribution is 2.38. The molecule has 3 atom stereocenters. The van der Waals surface area contributed by atoms with Crippen LogP contribution in [-0.4, -0.2) is 68.5 Å². The van der Waals surface area contributed by atoms with Crippen molar-refractivity contribution in [2.75, 3.05) is 40.9 Å². The predicted octanol–water partition coefficient (Wildman–Crippen LogP) is 15.8. The number of aliphatic hydroxyl groups is 1. The van der Waals surface area contributed by atoms with E-state index in [0.717, 1.165) is 89.9 Å². The van der Waals surface area contributed by atoms with Crippen LogP contribution < -0.4 is 10.2 Å². The lowest BCUT2D eigenvalue weighted by Gasteiger charge is -2.29. The Balaban J connectivity index is 3.91. The number of unbranched alkanes of at least 4 members (excludes halogenated alkanes) is 19. The molecule has 68 heavy (non-hydrogen) atoms. The number of likely N-dealkylation sites (N-methyl/N-ethyl adjacent to an activating group) is 1. The zero-order chi connectivity index (χ0) is 49.9. The first-order valence-electron chi connectivity index (χ1n) is 27.2. The van der Waals surface area contributed by atoms with Crippen LogP contribution in [0.5, 0.6) is 0 Å². The molecule has 8 nitrogen and oxygen atoms in total. The van der Waals surface area contributed by atoms with Crippen molar-refractivity contribution in [2.45, 2.75) is 219 Å². The summed E-state index contributed by atoms with van der Waals surface area (Å²) in [6, 6.07) is -0.889. The Bertz CT molecular complexity index is 1470. The minimum Gasteiger partial charge on any atom is -0.756 e. The molecule has 0 fully saturated rings. The third-order valence-corrected chi connectivity index (χ3v) is 12.5. The molecule has 0 aliphatic rings. The van der Waals surface area contributed by atoms with Gasteiger partial charge in [-0.25, -0.2) is 0 Å². The SMILES string of the molecule is CC/C=C\C/C=C\C/C=C\C/C=C\C/C=C\C/C=C\C/C=C\C/C=C\CCCCCCCCCCCCCCCCC(=O)NC(COP(=O)([O-])OCC[N+](C)(C)C)C(O)/C=C/CCCCCCC. The Labute approximate surface area is 419 Å². The van der Waals surface area contributed by atoms with Gasteiger partial charge in [-0.15, -0.1) is 0 Å². The lowest BCUT2D eigenvalue weighted by Crippen LogP contribution is -2.45. The highest BCUT2D eigenvalue weighted by Gasteiger charge is 2.23. The van der Waals surface area contributed by atoms with E-state index in [1.54, 1.807) is 6.08 Å². The number of carbonyl (C=O) groups is 1. The second kappa shape index (κ2) is 49.2. The molecule has 0 aromatic rings. The number of aliphatic hydroxyl groups excluding tert-OH is 1. The molecule has 2 N–H and O–H groups in total. The zero-order valence-electron chi connectivity index (χ0n) is 44.3. The lowest BCUT2D eigenvalue weighted by molar-refractivity contribution is -0.870. The van der Waals surface area contributed by atoms with Gasteiger partial charge in [0.25, 0.3) is 7.82 Å². The standard InChI is InChI=1S/C59H103N2O6P/c1-6-8-10-12-14-15-16-17-18-19-20-21-22-23-24-25-26-27-28-29-30-31-32-33-34-35-36-37-38-39-40-41-42-43-44-45-47-49-51-53-59(63)60-57(58(62)52-50-48-46-13-11-9-7-2)56-67-68(64,65)66-55-54-61(3,4)5/h8,10,14-15,17-18,20-21,23-24,26-27,29-30,32-33,50,52,57-58,62H,6-7,9,11-13,16,19,22,25,28,31,34-49,51,53-56H2,1-5H3,(H-,60,63,64,65)/b10-8-,15-14-,18-17-,21-20-,24-23-,27-26-,30-29-,33-32-,52-50+. The van der Waals surface area contributed by atoms with Crippen molar-refractivity contribution in [1.82, 2.24) is 5.32 Å². The number of amides is 1. The van der Waals surface area contributed by atoms with Crippen LogP contribution in [0.3, 0.4) is 0 Å². The maximum absolute atomic E-state index is 12.8. The number of nitrogens with zero attached hydrogens (tertiary/aromatic N) is 1. The van der Waals surface area contributed by atoms with Crippen molar-refractivity contribution in [3.63, 3.8) is 0 Å². The predicted molar refractivity (Wildman–Crippen MR) is 292 cm³/mol. The van der Waals surface area contributed by atoms with Gasteiger partial charge in [-0.3, -0.25) is 9.36 Å². The van der Waals surface area contributed by atoms with Gasteiger partial charge in [0.15, 0.2) is 0 Å². The molecule has 0 aromatic carbocycles. The van der Waals surface area contributed by atoms with E-state index in [1.165, 1.54) is 96.3 Å². The highest BCUT2D eigenvalue weighted by atomic mass is 31.2. The maximum atomic E-state index is 12.8. The molecule has 0 aliphatic carbocycles. The van der Waals surface area contributed by atoms with Gasteiger partial charge in [-0.2, -0.15) is 0 Å². The molecule has 0 spiro atoms. The summed E-state index contributed by atoms with van der Waals surface area (Å²) in [4.78, 5) is 25.3. The first kappa shape index (κ1) is 65.2. The van der Waals surface area contributed by atoms with Crippen LogP contribution in [0, 0.1) is 0 Å². The summed E-state index contributed by atoms with van der Waals surface area (Å²) in [6.45, 7) is 4.45. The summed E-state index contributed by atoms with van der Waals surface area (Å²) in [7, 11) is 1.25. The van der Waals surface area contributed by atoms with Crippen molar-refractivity contribution in [2.24, 2.45) is 0 Å². The second-order valence-corrected chi connectivity index (χ2v) is 20.6. The fourth-order valence-corrected chi connectivity index (χ4v) is 7.95. The van der Waals surface area contributed by atoms with Crippen LogP contribution in [-0.2, 0) is 18.4 Å². The van der Waals surface area contributed by atoms with Crippen molar-refractivity contribution in [1.29, 1.82) is 0 Å². The first-order valence-corrected chi connectivity index (χ1v) is 28.7. The molecule has 0 radical (unpaired) electrons. The Hall–Kier alpha value is -2.84. The largest absolute Gasteiger partial charge is 0.756 e. The Morgan fingerprint density at radius 3 is 1.31 bits per heavy atom. The summed E-state index contributed by atoms with van der Waals surface area (Å²) in [6.07, 6.45) is 72.0. The van der Waals surface area contributed by atoms with Crippen LogP contribution in [0.2, 0.25) is 0 Å². The van der Waals surface area contributed by atoms with E-state index in [0.29, 0.717) is 17.4 Å². The summed E-state index contributed by atoms with van der Waals surface area (Å²) in [5, 5.41) is 13.7. The van der Waals surface area contributed by atoms with E-state index < -0.39 is 20.0 Å². The molecular formula is C59H103N2O6P. The van der Waals surface area contributed by atoms with Gasteiger partial charge in [-0.1, -0.05) is 226 Å². The number of phosphoric acid groups is 1. The first-order chi connectivity index (χ1) is 33.0. The van der Waals surface area contributed by atoms with Crippen molar-refractivity contribution in [3.05, 3.63) is 109 Å². The minimum atomic E-state index is -4.59. The topological polar surface area (TPSA) is 108 Å². The smallest absolute Gasteiger partial charge is 0.268 e. The number of hydrogen-bond donors (Lipinski definition) is 2. The number of rotatable bonds is 48. The van der Waals surface area contributed by atoms with Gasteiger partial charge in [0, 0.05) is 6.42 Å². The summed E-state index contributed by atoms with van der Waals surface area (Å²) in [5.41, 5.74) is 0. The number of phosphoric ester groups is 1. The van der Waals surface area contributed by atoms with Gasteiger partial charge in [0.05, 0.1) is 39.9 Å². The van der Waals surface area contributed by atoms with Crippen LogP contribution in [0.4, 0.5) is 0 Å². The van der Waals surface area contributed by atoms with Crippen LogP contribution in [0.15, 0.2) is 109 Å². The van der Waals surface area contributed by atoms with E-state index in [-0.39, 0.29) is 19.1 Å². The second-order valence-electron chi connectivity index (χ2n) is 19.2. The summed E-state index contributed by atoms with van der Waals surface area (Å²) < 4.78 is 23.1. The Morgan fingerprint density at radius 2 is 0.897 bits per heavy atom. The van der Waals surface area contributed by atoms with E-state index in [4.69, 9.17) is 9.05 Å². The highest BCUT2D eigenvalue weighted by molar-refractivity contribution is 7.45. The monoisotopic (exact) mass is 967 g/mol. The normalized spacial score (nSPS) is 14.9. The number of nitrogens with one attached hydrogen (secondary N) is 1. The van der Waals surface area contributed by atoms with E-state index >= 15 is 0 Å². The quantitative estimate of drug-likeness (QED) is 0.0272. The van der Waals surface area contributed by atoms with Crippen LogP contribution >= 0.6 is 7.82 Å². The van der Waals surface area contributed by atoms with E-state index in [1.807, 2.05) is 27.2 Å². The van der Waals surface area contributed by atoms with Crippen molar-refractivity contribution in [3.8, 4) is 0 Å². The van der Waals surface area contributed by atoms with Gasteiger partial charge in [0.2, 0.25) is 5.91 Å². The summed E-state index contributed by atoms with van der Waals surface area (Å²) in [5.74, 6) is -0.207. The number of allylic oxidation sites excluding steroid dienone is 17. The number of hydrogen-bond acceptors (Lipinski definition) is 6. The lowest BCUT2D eigenvalue weighted by atomic mass is 10.0. The summed E-state index contributed by atoms with van der Waals surface area (Å²) >= 11 is 0. The maximum Gasteiger partial charge on any atom is 0.268 e. The van der Waals surface area contributed by atoms with Crippen molar-refractivity contribution >= 4 is 13.7 Å². The molecule has 0 saturated carbocycles. The van der Waals surface area contributed by atoms with Crippen LogP contribution in [0.25, 0.3) is 0 Å². The Kier molecular flexibility index (Phi) is 47.1. The molecule has 9 heteroatoms. The molecule has 0 aliphatic heterocycles. The van der Waals surface area contributed by atoms with Gasteiger partial charge in [0.1, 0.15) is 13.2 Å². The molecule has 0 bridgehead atoms. The Morgan fingerprint density at radius 1 is 0.529 bits per heavy atom. The molecule has 0 rings (SSSR count). The third-order valence-electron chi connectivity index (χ3n) is 11.5. The zero-order valence-corrected chi connectivity index (χ0v) is 45.2. The average molecular weight is 967 g/mol. The van der Waals surface area contributed by atoms with Gasteiger partial charge >= 0.3 is 0 Å². The fraction of sp³-hybridized carbons (Fsp3) is 0.678.